The molecule has 0 spiro atoms. The van der Waals surface area contributed by atoms with E-state index in [0.29, 0.717) is 0 Å². The molecule has 0 amide bonds. The lowest BCUT2D eigenvalue weighted by Gasteiger charge is -2.14. The Bertz CT molecular complexity index is 316. The van der Waals surface area contributed by atoms with Gasteiger partial charge in [0.05, 0.1) is 12.6 Å². The van der Waals surface area contributed by atoms with Gasteiger partial charge >= 0.3 is 0 Å². The van der Waals surface area contributed by atoms with Gasteiger partial charge in [-0.3, -0.25) is 0 Å². The molecule has 0 heterocycles. The van der Waals surface area contributed by atoms with Crippen molar-refractivity contribution in [2.24, 2.45) is 0 Å². The van der Waals surface area contributed by atoms with Crippen LogP contribution in [-0.4, -0.2) is 31.4 Å². The van der Waals surface area contributed by atoms with Crippen molar-refractivity contribution in [3.63, 3.8) is 0 Å². The van der Waals surface area contributed by atoms with Crippen LogP contribution in [0.15, 0.2) is 18.2 Å². The lowest BCUT2D eigenvalue weighted by atomic mass is 10.3. The van der Waals surface area contributed by atoms with Gasteiger partial charge in [0.25, 0.3) is 0 Å². The first-order chi connectivity index (χ1) is 7.17. The molecule has 1 rings (SSSR count). The van der Waals surface area contributed by atoms with Gasteiger partial charge in [0, 0.05) is 6.07 Å². The average Bonchev–Trinajstić information content (AvgIpc) is 2.22. The highest BCUT2D eigenvalue weighted by Crippen LogP contribution is 2.17. The fourth-order valence-corrected chi connectivity index (χ4v) is 1.01. The summed E-state index contributed by atoms with van der Waals surface area (Å²) in [6.45, 7) is 0.00880. The predicted octanol–water partition coefficient (Wildman–Crippen LogP) is 0.924. The summed E-state index contributed by atoms with van der Waals surface area (Å²) in [4.78, 5) is 0. The number of nitrogens with one attached hydrogen (secondary N) is 1. The van der Waals surface area contributed by atoms with Crippen molar-refractivity contribution in [2.45, 2.75) is 6.04 Å². The molecule has 15 heavy (non-hydrogen) atoms. The molecule has 0 saturated heterocycles. The van der Waals surface area contributed by atoms with E-state index in [4.69, 9.17) is 9.84 Å². The van der Waals surface area contributed by atoms with E-state index in [2.05, 4.69) is 5.32 Å². The second-order valence-corrected chi connectivity index (χ2v) is 3.05. The number of ether oxygens (including phenoxy) is 1. The molecular formula is C10H13F2NO2. The van der Waals surface area contributed by atoms with Crippen LogP contribution in [0.4, 0.5) is 8.78 Å². The monoisotopic (exact) mass is 217 g/mol. The third kappa shape index (κ3) is 3.45. The van der Waals surface area contributed by atoms with E-state index >= 15 is 0 Å². The van der Waals surface area contributed by atoms with E-state index in [1.807, 2.05) is 0 Å². The number of hydrogen-bond acceptors (Lipinski definition) is 3. The van der Waals surface area contributed by atoms with Crippen LogP contribution in [0.2, 0.25) is 0 Å². The number of hydrogen-bond donors (Lipinski definition) is 2. The molecule has 0 aromatic heterocycles. The molecule has 0 fully saturated rings. The maximum absolute atomic E-state index is 13.1. The Morgan fingerprint density at radius 2 is 2.20 bits per heavy atom. The topological polar surface area (TPSA) is 41.5 Å². The minimum absolute atomic E-state index is 0.0231. The third-order valence-corrected chi connectivity index (χ3v) is 1.96. The Morgan fingerprint density at radius 3 is 2.73 bits per heavy atom. The summed E-state index contributed by atoms with van der Waals surface area (Å²) in [6.07, 6.45) is 0. The van der Waals surface area contributed by atoms with Crippen LogP contribution >= 0.6 is 0 Å². The van der Waals surface area contributed by atoms with Crippen LogP contribution in [0.1, 0.15) is 0 Å². The van der Waals surface area contributed by atoms with Crippen molar-refractivity contribution in [2.75, 3.05) is 20.3 Å². The summed E-state index contributed by atoms with van der Waals surface area (Å²) < 4.78 is 30.7. The summed E-state index contributed by atoms with van der Waals surface area (Å²) in [5.41, 5.74) is 0. The number of aliphatic hydroxyl groups excluding tert-OH is 1. The molecule has 3 nitrogen and oxygen atoms in total. The molecule has 84 valence electrons. The van der Waals surface area contributed by atoms with Crippen LogP contribution in [0.25, 0.3) is 0 Å². The molecule has 1 unspecified atom stereocenters. The highest BCUT2D eigenvalue weighted by Gasteiger charge is 2.08. The zero-order chi connectivity index (χ0) is 11.3. The normalized spacial score (nSPS) is 12.5. The van der Waals surface area contributed by atoms with Gasteiger partial charge < -0.3 is 15.2 Å². The van der Waals surface area contributed by atoms with E-state index in [0.717, 1.165) is 12.1 Å². The molecular weight excluding hydrogens is 204 g/mol. The van der Waals surface area contributed by atoms with Gasteiger partial charge in [-0.05, 0) is 19.2 Å². The van der Waals surface area contributed by atoms with Gasteiger partial charge in [0.1, 0.15) is 12.4 Å². The first-order valence-corrected chi connectivity index (χ1v) is 4.53. The van der Waals surface area contributed by atoms with Crippen molar-refractivity contribution < 1.29 is 18.6 Å². The van der Waals surface area contributed by atoms with Gasteiger partial charge in [-0.25, -0.2) is 8.78 Å². The summed E-state index contributed by atoms with van der Waals surface area (Å²) in [5.74, 6) is -1.42. The van der Waals surface area contributed by atoms with Crippen LogP contribution < -0.4 is 10.1 Å². The molecule has 1 aromatic carbocycles. The zero-order valence-electron chi connectivity index (χ0n) is 8.34. The summed E-state index contributed by atoms with van der Waals surface area (Å²) in [5, 5.41) is 11.6. The highest BCUT2D eigenvalue weighted by molar-refractivity contribution is 5.24. The van der Waals surface area contributed by atoms with Crippen LogP contribution in [0.5, 0.6) is 5.75 Å². The zero-order valence-corrected chi connectivity index (χ0v) is 8.34. The number of benzene rings is 1. The largest absolute Gasteiger partial charge is 0.489 e. The number of likely N-dealkylation sites (N-methyl/N-ethyl adjacent to an activating group) is 1. The lowest BCUT2D eigenvalue weighted by Crippen LogP contribution is -2.35. The lowest BCUT2D eigenvalue weighted by molar-refractivity contribution is 0.185. The second kappa shape index (κ2) is 5.63. The number of aliphatic hydroxyl groups is 1. The van der Waals surface area contributed by atoms with E-state index < -0.39 is 11.6 Å². The van der Waals surface area contributed by atoms with E-state index in [1.54, 1.807) is 7.05 Å². The fraction of sp³-hybridized carbons (Fsp3) is 0.400. The van der Waals surface area contributed by atoms with Gasteiger partial charge in [0.15, 0.2) is 11.6 Å². The smallest absolute Gasteiger partial charge is 0.167 e. The van der Waals surface area contributed by atoms with Crippen LogP contribution in [0, 0.1) is 11.6 Å². The standard InChI is InChI=1S/C10H13F2NO2/c1-13-8(5-14)6-15-10-3-2-7(11)4-9(10)12/h2-4,8,13-14H,5-6H2,1H3. The summed E-state index contributed by atoms with van der Waals surface area (Å²) in [7, 11) is 1.66. The van der Waals surface area contributed by atoms with Crippen LogP contribution in [-0.2, 0) is 0 Å². The van der Waals surface area contributed by atoms with E-state index in [1.165, 1.54) is 6.07 Å². The third-order valence-electron chi connectivity index (χ3n) is 1.96. The van der Waals surface area contributed by atoms with Gasteiger partial charge in [-0.1, -0.05) is 0 Å². The molecule has 0 radical (unpaired) electrons. The maximum atomic E-state index is 13.1. The predicted molar refractivity (Wildman–Crippen MR) is 51.8 cm³/mol. The molecule has 1 aromatic rings. The molecule has 0 bridgehead atoms. The fourth-order valence-electron chi connectivity index (χ4n) is 1.01. The Hall–Kier alpha value is -1.20. The molecule has 5 heteroatoms. The second-order valence-electron chi connectivity index (χ2n) is 3.05. The number of halogens is 2. The van der Waals surface area contributed by atoms with E-state index in [-0.39, 0.29) is 25.0 Å². The minimum Gasteiger partial charge on any atom is -0.489 e. The molecule has 0 aliphatic rings. The van der Waals surface area contributed by atoms with Gasteiger partial charge in [-0.2, -0.15) is 0 Å². The first kappa shape index (κ1) is 11.9. The van der Waals surface area contributed by atoms with Crippen molar-refractivity contribution in [1.82, 2.24) is 5.32 Å². The molecule has 2 N–H and O–H groups in total. The van der Waals surface area contributed by atoms with Crippen molar-refractivity contribution in [3.8, 4) is 5.75 Å². The van der Waals surface area contributed by atoms with Crippen molar-refractivity contribution >= 4 is 0 Å². The Labute approximate surface area is 86.7 Å². The Kier molecular flexibility index (Phi) is 4.45. The summed E-state index contributed by atoms with van der Waals surface area (Å²) in [6, 6.07) is 2.82. The summed E-state index contributed by atoms with van der Waals surface area (Å²) >= 11 is 0. The molecule has 0 aliphatic carbocycles. The molecule has 0 aliphatic heterocycles. The number of rotatable bonds is 5. The van der Waals surface area contributed by atoms with Gasteiger partial charge in [0.2, 0.25) is 0 Å². The van der Waals surface area contributed by atoms with E-state index in [9.17, 15) is 8.78 Å². The molecule has 1 atom stereocenters. The molecule has 0 saturated carbocycles. The quantitative estimate of drug-likeness (QED) is 0.770. The Morgan fingerprint density at radius 1 is 1.47 bits per heavy atom. The Balaban J connectivity index is 2.57. The maximum Gasteiger partial charge on any atom is 0.167 e. The van der Waals surface area contributed by atoms with Gasteiger partial charge in [-0.15, -0.1) is 0 Å². The highest BCUT2D eigenvalue weighted by atomic mass is 19.1. The minimum atomic E-state index is -0.747. The van der Waals surface area contributed by atoms with Crippen molar-refractivity contribution in [1.29, 1.82) is 0 Å². The van der Waals surface area contributed by atoms with Crippen LogP contribution in [0.3, 0.4) is 0 Å². The SMILES string of the molecule is CNC(CO)COc1ccc(F)cc1F. The first-order valence-electron chi connectivity index (χ1n) is 4.53. The van der Waals surface area contributed by atoms with Crippen molar-refractivity contribution in [3.05, 3.63) is 29.8 Å². The average molecular weight is 217 g/mol.